The Balaban J connectivity index is 2.13. The molecule has 120 valence electrons. The van der Waals surface area contributed by atoms with Crippen LogP contribution >= 0.6 is 34.2 Å². The Labute approximate surface area is 153 Å². The van der Waals surface area contributed by atoms with Crippen LogP contribution in [0.1, 0.15) is 29.3 Å². The van der Waals surface area contributed by atoms with Gasteiger partial charge in [-0.05, 0) is 59.5 Å². The van der Waals surface area contributed by atoms with Crippen molar-refractivity contribution >= 4 is 51.2 Å². The molecule has 0 unspecified atom stereocenters. The molecule has 3 aromatic rings. The van der Waals surface area contributed by atoms with Gasteiger partial charge >= 0.3 is 0 Å². The maximum atomic E-state index is 6.22. The van der Waals surface area contributed by atoms with Gasteiger partial charge in [-0.1, -0.05) is 18.5 Å². The topological polar surface area (TPSA) is 69.6 Å². The molecule has 0 aliphatic rings. The smallest absolute Gasteiger partial charge is 0.223 e. The SMILES string of the molecule is CCc1c(C)cnc(Cn2cc(I)c3c(Cl)nc(N)nc32)c1C. The number of aryl methyl sites for hydroxylation is 1. The van der Waals surface area contributed by atoms with Gasteiger partial charge in [-0.3, -0.25) is 4.98 Å². The maximum Gasteiger partial charge on any atom is 0.223 e. The minimum Gasteiger partial charge on any atom is -0.368 e. The molecule has 5 nitrogen and oxygen atoms in total. The molecule has 0 aliphatic carbocycles. The Morgan fingerprint density at radius 2 is 2.04 bits per heavy atom. The molecule has 0 radical (unpaired) electrons. The number of fused-ring (bicyclic) bond motifs is 1. The van der Waals surface area contributed by atoms with Crippen molar-refractivity contribution in [1.29, 1.82) is 0 Å². The first-order valence-corrected chi connectivity index (χ1v) is 8.79. The number of aromatic nitrogens is 4. The second-order valence-electron chi connectivity index (χ2n) is 5.52. The zero-order chi connectivity index (χ0) is 16.7. The van der Waals surface area contributed by atoms with Crippen LogP contribution in [0.2, 0.25) is 5.15 Å². The average molecular weight is 442 g/mol. The minimum atomic E-state index is 0.182. The molecule has 0 aliphatic heterocycles. The minimum absolute atomic E-state index is 0.182. The Kier molecular flexibility index (Phi) is 4.46. The molecule has 3 heterocycles. The van der Waals surface area contributed by atoms with E-state index in [0.717, 1.165) is 26.7 Å². The van der Waals surface area contributed by atoms with E-state index >= 15 is 0 Å². The van der Waals surface area contributed by atoms with Crippen LogP contribution < -0.4 is 5.73 Å². The van der Waals surface area contributed by atoms with Gasteiger partial charge in [-0.2, -0.15) is 4.98 Å². The van der Waals surface area contributed by atoms with Gasteiger partial charge in [0.25, 0.3) is 0 Å². The van der Waals surface area contributed by atoms with Gasteiger partial charge in [0.15, 0.2) is 0 Å². The third-order valence-electron chi connectivity index (χ3n) is 4.09. The molecule has 2 N–H and O–H groups in total. The predicted octanol–water partition coefficient (Wildman–Crippen LogP) is 3.89. The molecule has 0 atom stereocenters. The van der Waals surface area contributed by atoms with Gasteiger partial charge < -0.3 is 10.3 Å². The molecule has 0 fully saturated rings. The summed E-state index contributed by atoms with van der Waals surface area (Å²) >= 11 is 8.46. The molecule has 0 saturated carbocycles. The lowest BCUT2D eigenvalue weighted by Gasteiger charge is -2.13. The number of anilines is 1. The van der Waals surface area contributed by atoms with E-state index in [-0.39, 0.29) is 5.95 Å². The van der Waals surface area contributed by atoms with Crippen LogP contribution in [0, 0.1) is 17.4 Å². The number of rotatable bonds is 3. The summed E-state index contributed by atoms with van der Waals surface area (Å²) in [6.07, 6.45) is 4.95. The fraction of sp³-hybridized carbons (Fsp3) is 0.312. The average Bonchev–Trinajstić information content (AvgIpc) is 2.79. The van der Waals surface area contributed by atoms with Gasteiger partial charge in [-0.25, -0.2) is 4.98 Å². The van der Waals surface area contributed by atoms with E-state index in [0.29, 0.717) is 11.7 Å². The summed E-state index contributed by atoms with van der Waals surface area (Å²) in [6, 6.07) is 0. The fourth-order valence-electron chi connectivity index (χ4n) is 2.92. The van der Waals surface area contributed by atoms with E-state index in [4.69, 9.17) is 17.3 Å². The lowest BCUT2D eigenvalue weighted by Crippen LogP contribution is -2.07. The maximum absolute atomic E-state index is 6.22. The molecular weight excluding hydrogens is 425 g/mol. The third-order valence-corrected chi connectivity index (χ3v) is 5.18. The van der Waals surface area contributed by atoms with E-state index in [9.17, 15) is 0 Å². The lowest BCUT2D eigenvalue weighted by atomic mass is 10.0. The molecule has 3 rings (SSSR count). The van der Waals surface area contributed by atoms with E-state index in [1.165, 1.54) is 16.7 Å². The Hall–Kier alpha value is -1.41. The fourth-order valence-corrected chi connectivity index (χ4v) is 4.18. The van der Waals surface area contributed by atoms with E-state index in [1.807, 2.05) is 17.0 Å². The van der Waals surface area contributed by atoms with Crippen molar-refractivity contribution in [2.45, 2.75) is 33.7 Å². The normalized spacial score (nSPS) is 11.3. The summed E-state index contributed by atoms with van der Waals surface area (Å²) in [5.41, 5.74) is 11.4. The summed E-state index contributed by atoms with van der Waals surface area (Å²) in [5, 5.41) is 1.22. The summed E-state index contributed by atoms with van der Waals surface area (Å²) < 4.78 is 3.04. The van der Waals surface area contributed by atoms with Crippen LogP contribution in [-0.2, 0) is 13.0 Å². The van der Waals surface area contributed by atoms with Crippen LogP contribution in [0.4, 0.5) is 5.95 Å². The van der Waals surface area contributed by atoms with Gasteiger partial charge in [0.1, 0.15) is 10.8 Å². The van der Waals surface area contributed by atoms with E-state index in [1.54, 1.807) is 0 Å². The molecule has 3 aromatic heterocycles. The molecule has 0 spiro atoms. The summed E-state index contributed by atoms with van der Waals surface area (Å²) in [4.78, 5) is 13.0. The number of pyridine rings is 1. The predicted molar refractivity (Wildman–Crippen MR) is 102 cm³/mol. The molecule has 0 amide bonds. The second-order valence-corrected chi connectivity index (χ2v) is 7.04. The highest BCUT2D eigenvalue weighted by Crippen LogP contribution is 2.29. The van der Waals surface area contributed by atoms with Gasteiger partial charge in [0, 0.05) is 16.0 Å². The number of hydrogen-bond donors (Lipinski definition) is 1. The van der Waals surface area contributed by atoms with Crippen LogP contribution in [0.3, 0.4) is 0 Å². The first-order valence-electron chi connectivity index (χ1n) is 7.33. The van der Waals surface area contributed by atoms with Crippen molar-refractivity contribution in [1.82, 2.24) is 19.5 Å². The van der Waals surface area contributed by atoms with Crippen molar-refractivity contribution in [3.63, 3.8) is 0 Å². The van der Waals surface area contributed by atoms with Crippen LogP contribution in [0.25, 0.3) is 11.0 Å². The van der Waals surface area contributed by atoms with E-state index in [2.05, 4.69) is 58.3 Å². The van der Waals surface area contributed by atoms with Crippen LogP contribution in [0.15, 0.2) is 12.4 Å². The Morgan fingerprint density at radius 1 is 1.30 bits per heavy atom. The molecular formula is C16H17ClIN5. The van der Waals surface area contributed by atoms with Crippen LogP contribution in [-0.4, -0.2) is 19.5 Å². The summed E-state index contributed by atoms with van der Waals surface area (Å²) in [5.74, 6) is 0.182. The summed E-state index contributed by atoms with van der Waals surface area (Å²) in [6.45, 7) is 7.03. The van der Waals surface area contributed by atoms with E-state index < -0.39 is 0 Å². The second kappa shape index (κ2) is 6.24. The van der Waals surface area contributed by atoms with Crippen molar-refractivity contribution in [3.8, 4) is 0 Å². The van der Waals surface area contributed by atoms with Crippen LogP contribution in [0.5, 0.6) is 0 Å². The zero-order valence-corrected chi connectivity index (χ0v) is 16.1. The molecule has 0 aromatic carbocycles. The highest BCUT2D eigenvalue weighted by molar-refractivity contribution is 14.1. The summed E-state index contributed by atoms with van der Waals surface area (Å²) in [7, 11) is 0. The first-order chi connectivity index (χ1) is 10.9. The number of hydrogen-bond acceptors (Lipinski definition) is 4. The zero-order valence-electron chi connectivity index (χ0n) is 13.2. The lowest BCUT2D eigenvalue weighted by molar-refractivity contribution is 0.782. The van der Waals surface area contributed by atoms with Crippen molar-refractivity contribution in [3.05, 3.63) is 43.5 Å². The molecule has 0 bridgehead atoms. The Bertz CT molecular complexity index is 903. The third kappa shape index (κ3) is 2.89. The molecule has 23 heavy (non-hydrogen) atoms. The number of nitrogens with zero attached hydrogens (tertiary/aromatic N) is 4. The highest BCUT2D eigenvalue weighted by atomic mass is 127. The number of nitrogens with two attached hydrogens (primary N) is 1. The van der Waals surface area contributed by atoms with Gasteiger partial charge in [0.2, 0.25) is 5.95 Å². The van der Waals surface area contributed by atoms with Crippen molar-refractivity contribution in [2.75, 3.05) is 5.73 Å². The molecule has 7 heteroatoms. The van der Waals surface area contributed by atoms with Gasteiger partial charge in [-0.15, -0.1) is 0 Å². The quantitative estimate of drug-likeness (QED) is 0.494. The van der Waals surface area contributed by atoms with Crippen molar-refractivity contribution in [2.24, 2.45) is 0 Å². The first kappa shape index (κ1) is 16.4. The monoisotopic (exact) mass is 441 g/mol. The molecule has 0 saturated heterocycles. The van der Waals surface area contributed by atoms with Crippen molar-refractivity contribution < 1.29 is 0 Å². The Morgan fingerprint density at radius 3 is 2.74 bits per heavy atom. The highest BCUT2D eigenvalue weighted by Gasteiger charge is 2.16. The number of nitrogen functional groups attached to an aromatic ring is 1. The standard InChI is InChI=1S/C16H17ClIN5/c1-4-10-8(2)5-20-12(9(10)3)7-23-6-11(18)13-14(17)21-16(19)22-15(13)23/h5-6H,4,7H2,1-3H3,(H2,19,21,22). The largest absolute Gasteiger partial charge is 0.368 e. The number of halogens is 2. The van der Waals surface area contributed by atoms with Gasteiger partial charge in [0.05, 0.1) is 17.6 Å².